The number of rotatable bonds is 6. The summed E-state index contributed by atoms with van der Waals surface area (Å²) in [5.74, 6) is -0.545. The molecule has 0 aliphatic heterocycles. The minimum absolute atomic E-state index is 0.0622. The summed E-state index contributed by atoms with van der Waals surface area (Å²) < 4.78 is 28.1. The number of anilines is 1. The van der Waals surface area contributed by atoms with E-state index in [1.807, 2.05) is 0 Å². The highest BCUT2D eigenvalue weighted by atomic mass is 35.5. The van der Waals surface area contributed by atoms with E-state index in [-0.39, 0.29) is 23.1 Å². The van der Waals surface area contributed by atoms with Crippen molar-refractivity contribution in [2.24, 2.45) is 0 Å². The first kappa shape index (κ1) is 21.4. The first-order valence-corrected chi connectivity index (χ1v) is 11.8. The molecule has 31 heavy (non-hydrogen) atoms. The lowest BCUT2D eigenvalue weighted by atomic mass is 10.2. The summed E-state index contributed by atoms with van der Waals surface area (Å²) in [5, 5.41) is 4.14. The molecule has 1 heterocycles. The number of carbonyl (C=O) groups is 1. The van der Waals surface area contributed by atoms with Gasteiger partial charge in [-0.25, -0.2) is 8.42 Å². The van der Waals surface area contributed by atoms with Gasteiger partial charge in [-0.2, -0.15) is 0 Å². The average Bonchev–Trinajstić information content (AvgIpc) is 3.11. The zero-order chi connectivity index (χ0) is 22.0. The molecule has 158 valence electrons. The number of carbonyl (C=O) groups excluding carboxylic acids is 1. The Hall–Kier alpha value is -2.80. The largest absolute Gasteiger partial charge is 0.337 e. The molecule has 5 nitrogen and oxygen atoms in total. The molecule has 0 saturated carbocycles. The van der Waals surface area contributed by atoms with Gasteiger partial charge in [-0.3, -0.25) is 4.79 Å². The quantitative estimate of drug-likeness (QED) is 0.399. The lowest BCUT2D eigenvalue weighted by Gasteiger charge is -2.08. The monoisotopic (exact) mass is 472 g/mol. The van der Waals surface area contributed by atoms with Crippen LogP contribution in [0.2, 0.25) is 10.0 Å². The molecule has 3 aromatic carbocycles. The maximum Gasteiger partial charge on any atom is 0.244 e. The van der Waals surface area contributed by atoms with Crippen molar-refractivity contribution in [2.45, 2.75) is 17.2 Å². The number of halogens is 2. The van der Waals surface area contributed by atoms with Gasteiger partial charge < -0.3 is 9.88 Å². The van der Waals surface area contributed by atoms with Crippen LogP contribution < -0.4 is 5.32 Å². The number of nitrogens with zero attached hydrogens (tertiary/aromatic N) is 1. The molecule has 4 aromatic rings. The van der Waals surface area contributed by atoms with Crippen molar-refractivity contribution in [1.29, 1.82) is 0 Å². The van der Waals surface area contributed by atoms with Crippen molar-refractivity contribution in [2.75, 3.05) is 5.32 Å². The normalized spacial score (nSPS) is 11.5. The van der Waals surface area contributed by atoms with Crippen LogP contribution in [0.4, 0.5) is 5.69 Å². The van der Waals surface area contributed by atoms with E-state index in [2.05, 4.69) is 5.32 Å². The average molecular weight is 473 g/mol. The summed E-state index contributed by atoms with van der Waals surface area (Å²) in [5.41, 5.74) is 1.67. The van der Waals surface area contributed by atoms with Crippen molar-refractivity contribution in [3.8, 4) is 0 Å². The van der Waals surface area contributed by atoms with E-state index in [4.69, 9.17) is 23.2 Å². The van der Waals surface area contributed by atoms with Crippen LogP contribution in [0.5, 0.6) is 0 Å². The first-order valence-electron chi connectivity index (χ1n) is 9.43. The van der Waals surface area contributed by atoms with Gasteiger partial charge in [0.05, 0.1) is 21.4 Å². The summed E-state index contributed by atoms with van der Waals surface area (Å²) in [4.78, 5) is 12.8. The standard InChI is InChI=1S/C23H18Cl2N2O3S/c24-18-9-3-1-7-16(18)15-31(29,30)22-13-27(21-12-6-2-8-17(21)22)14-23(28)26-20-11-5-4-10-19(20)25/h1-13H,14-15H2,(H,26,28). The summed E-state index contributed by atoms with van der Waals surface area (Å²) >= 11 is 12.3. The number of nitrogens with one attached hydrogen (secondary N) is 1. The van der Waals surface area contributed by atoms with Gasteiger partial charge in [0.1, 0.15) is 6.54 Å². The Morgan fingerprint density at radius 3 is 2.26 bits per heavy atom. The summed E-state index contributed by atoms with van der Waals surface area (Å²) in [7, 11) is -3.70. The molecular formula is C23H18Cl2N2O3S. The van der Waals surface area contributed by atoms with Gasteiger partial charge in [0, 0.05) is 22.1 Å². The molecule has 0 bridgehead atoms. The molecule has 0 aliphatic rings. The fourth-order valence-corrected chi connectivity index (χ4v) is 5.47. The minimum atomic E-state index is -3.70. The Labute approximate surface area is 190 Å². The maximum absolute atomic E-state index is 13.2. The van der Waals surface area contributed by atoms with Gasteiger partial charge in [-0.1, -0.05) is 71.7 Å². The van der Waals surface area contributed by atoms with Crippen LogP contribution in [0.3, 0.4) is 0 Å². The van der Waals surface area contributed by atoms with E-state index in [9.17, 15) is 13.2 Å². The van der Waals surface area contributed by atoms with Crippen LogP contribution in [0.1, 0.15) is 5.56 Å². The number of amides is 1. The second kappa shape index (κ2) is 8.75. The highest BCUT2D eigenvalue weighted by Crippen LogP contribution is 2.30. The molecule has 0 radical (unpaired) electrons. The van der Waals surface area contributed by atoms with Gasteiger partial charge >= 0.3 is 0 Å². The molecule has 0 atom stereocenters. The van der Waals surface area contributed by atoms with Gasteiger partial charge in [0.15, 0.2) is 9.84 Å². The number of benzene rings is 3. The van der Waals surface area contributed by atoms with Crippen molar-refractivity contribution in [3.63, 3.8) is 0 Å². The van der Waals surface area contributed by atoms with Crippen LogP contribution >= 0.6 is 23.2 Å². The molecule has 0 spiro atoms. The second-order valence-electron chi connectivity index (χ2n) is 7.02. The summed E-state index contributed by atoms with van der Waals surface area (Å²) in [6, 6.07) is 20.9. The smallest absolute Gasteiger partial charge is 0.244 e. The SMILES string of the molecule is O=C(Cn1cc(S(=O)(=O)Cc2ccccc2Cl)c2ccccc21)Nc1ccccc1Cl. The van der Waals surface area contributed by atoms with Crippen molar-refractivity contribution in [1.82, 2.24) is 4.57 Å². The Morgan fingerprint density at radius 1 is 0.871 bits per heavy atom. The lowest BCUT2D eigenvalue weighted by molar-refractivity contribution is -0.116. The predicted molar refractivity (Wildman–Crippen MR) is 124 cm³/mol. The fraction of sp³-hybridized carbons (Fsp3) is 0.0870. The predicted octanol–water partition coefficient (Wildman–Crippen LogP) is 5.56. The van der Waals surface area contributed by atoms with E-state index in [1.165, 1.54) is 6.20 Å². The molecule has 0 fully saturated rings. The highest BCUT2D eigenvalue weighted by molar-refractivity contribution is 7.90. The number of aromatic nitrogens is 1. The minimum Gasteiger partial charge on any atom is -0.337 e. The van der Waals surface area contributed by atoms with Crippen LogP contribution in [0.15, 0.2) is 83.9 Å². The van der Waals surface area contributed by atoms with Crippen LogP contribution in [-0.2, 0) is 26.9 Å². The van der Waals surface area contributed by atoms with Crippen LogP contribution in [0, 0.1) is 0 Å². The van der Waals surface area contributed by atoms with Gasteiger partial charge in [0.2, 0.25) is 5.91 Å². The van der Waals surface area contributed by atoms with E-state index >= 15 is 0 Å². The molecule has 1 N–H and O–H groups in total. The lowest BCUT2D eigenvalue weighted by Crippen LogP contribution is -2.18. The Balaban J connectivity index is 1.67. The second-order valence-corrected chi connectivity index (χ2v) is 9.79. The summed E-state index contributed by atoms with van der Waals surface area (Å²) in [6.07, 6.45) is 1.50. The van der Waals surface area contributed by atoms with E-state index in [1.54, 1.807) is 77.4 Å². The third-order valence-corrected chi connectivity index (χ3v) is 7.24. The number of hydrogen-bond donors (Lipinski definition) is 1. The van der Waals surface area contributed by atoms with Crippen molar-refractivity contribution in [3.05, 3.63) is 94.6 Å². The summed E-state index contributed by atoms with van der Waals surface area (Å²) in [6.45, 7) is -0.0622. The molecule has 0 aliphatic carbocycles. The van der Waals surface area contributed by atoms with Gasteiger partial charge in [0.25, 0.3) is 0 Å². The number of hydrogen-bond acceptors (Lipinski definition) is 3. The Bertz CT molecular complexity index is 1380. The Kier molecular flexibility index (Phi) is 6.05. The molecule has 8 heteroatoms. The third-order valence-electron chi connectivity index (χ3n) is 4.85. The van der Waals surface area contributed by atoms with Gasteiger partial charge in [-0.15, -0.1) is 0 Å². The fourth-order valence-electron chi connectivity index (χ4n) is 3.40. The van der Waals surface area contributed by atoms with E-state index < -0.39 is 9.84 Å². The zero-order valence-electron chi connectivity index (χ0n) is 16.3. The third kappa shape index (κ3) is 4.61. The van der Waals surface area contributed by atoms with Crippen molar-refractivity contribution >= 4 is 55.5 Å². The van der Waals surface area contributed by atoms with Crippen LogP contribution in [-0.4, -0.2) is 18.9 Å². The molecule has 4 rings (SSSR count). The number of fused-ring (bicyclic) bond motifs is 1. The zero-order valence-corrected chi connectivity index (χ0v) is 18.6. The first-order chi connectivity index (χ1) is 14.8. The molecule has 1 amide bonds. The molecule has 1 aromatic heterocycles. The van der Waals surface area contributed by atoms with E-state index in [0.717, 1.165) is 0 Å². The number of sulfone groups is 1. The number of para-hydroxylation sites is 2. The highest BCUT2D eigenvalue weighted by Gasteiger charge is 2.23. The maximum atomic E-state index is 13.2. The topological polar surface area (TPSA) is 68.2 Å². The van der Waals surface area contributed by atoms with Crippen LogP contribution in [0.25, 0.3) is 10.9 Å². The van der Waals surface area contributed by atoms with E-state index in [0.29, 0.717) is 32.2 Å². The van der Waals surface area contributed by atoms with Crippen molar-refractivity contribution < 1.29 is 13.2 Å². The molecular weight excluding hydrogens is 455 g/mol. The molecule has 0 saturated heterocycles. The van der Waals surface area contributed by atoms with Gasteiger partial charge in [-0.05, 0) is 29.8 Å². The Morgan fingerprint density at radius 2 is 1.52 bits per heavy atom. The molecule has 0 unspecified atom stereocenters.